The van der Waals surface area contributed by atoms with Gasteiger partial charge in [0, 0.05) is 40.8 Å². The number of halogens is 3. The molecule has 3 N–H and O–H groups in total. The van der Waals surface area contributed by atoms with E-state index in [1.165, 1.54) is 19.1 Å². The zero-order chi connectivity index (χ0) is 14.5. The Labute approximate surface area is 130 Å². The summed E-state index contributed by atoms with van der Waals surface area (Å²) in [6, 6.07) is 3.61. The molecule has 1 aromatic carbocycles. The molecular weight excluding hydrogens is 297 g/mol. The predicted octanol–water partition coefficient (Wildman–Crippen LogP) is 1.22. The minimum atomic E-state index is -4.37. The largest absolute Gasteiger partial charge is 0.762 e. The van der Waals surface area contributed by atoms with Crippen molar-refractivity contribution < 1.29 is 30.7 Å². The molecule has 0 aliphatic carbocycles. The molecule has 19 heavy (non-hydrogen) atoms. The fourth-order valence-corrected chi connectivity index (χ4v) is 1.77. The maximum absolute atomic E-state index is 11.0. The number of carbonyl (C=O) groups is 1. The number of nitrogens with two attached hydrogens (primary N) is 1. The molecule has 11 heteroatoms. The van der Waals surface area contributed by atoms with Gasteiger partial charge in [0.25, 0.3) is 10.1 Å². The zero-order valence-electron chi connectivity index (χ0n) is 10.1. The number of hydrogen-bond acceptors (Lipinski definition) is 4. The van der Waals surface area contributed by atoms with Crippen LogP contribution in [0, 0.1) is 0 Å². The summed E-state index contributed by atoms with van der Waals surface area (Å²) in [5.74, 6) is -0.468. The first-order valence-electron chi connectivity index (χ1n) is 4.36. The van der Waals surface area contributed by atoms with Crippen LogP contribution in [0.15, 0.2) is 23.1 Å². The van der Waals surface area contributed by atoms with Crippen molar-refractivity contribution in [2.45, 2.75) is 11.8 Å². The second-order valence-corrected chi connectivity index (χ2v) is 4.42. The van der Waals surface area contributed by atoms with E-state index in [4.69, 9.17) is 10.3 Å². The van der Waals surface area contributed by atoms with Crippen molar-refractivity contribution in [2.75, 3.05) is 5.73 Å². The molecule has 0 saturated heterocycles. The van der Waals surface area contributed by atoms with Crippen LogP contribution in [0.2, 0.25) is 0 Å². The Bertz CT molecular complexity index is 538. The van der Waals surface area contributed by atoms with Gasteiger partial charge in [-0.3, -0.25) is 22.3 Å². The van der Waals surface area contributed by atoms with E-state index in [-0.39, 0.29) is 40.8 Å². The Kier molecular flexibility index (Phi) is 9.39. The minimum Gasteiger partial charge on any atom is -0.399 e. The first-order chi connectivity index (χ1) is 8.05. The van der Waals surface area contributed by atoms with Crippen molar-refractivity contribution >= 4 is 58.7 Å². The summed E-state index contributed by atoms with van der Waals surface area (Å²) in [7, 11) is -8.04. The van der Waals surface area contributed by atoms with Crippen molar-refractivity contribution in [3.63, 3.8) is 0 Å². The van der Waals surface area contributed by atoms with E-state index in [1.807, 2.05) is 0 Å². The summed E-state index contributed by atoms with van der Waals surface area (Å²) in [6.45, 7) is 1.20. The molecule has 0 unspecified atom stereocenters. The second-order valence-electron chi connectivity index (χ2n) is 3.03. The molecular formula is C8H9BF3NNaO4S. The molecule has 1 rings (SSSR count). The van der Waals surface area contributed by atoms with Crippen LogP contribution in [0.1, 0.15) is 17.3 Å². The smallest absolute Gasteiger partial charge is 0.399 e. The average Bonchev–Trinajstić information content (AvgIpc) is 2.14. The van der Waals surface area contributed by atoms with E-state index in [1.54, 1.807) is 0 Å². The van der Waals surface area contributed by atoms with Crippen molar-refractivity contribution in [2.24, 2.45) is 0 Å². The summed E-state index contributed by atoms with van der Waals surface area (Å²) >= 11 is 0. The summed E-state index contributed by atoms with van der Waals surface area (Å²) in [6.07, 6.45) is 0. The van der Waals surface area contributed by atoms with Gasteiger partial charge in [-0.2, -0.15) is 8.42 Å². The van der Waals surface area contributed by atoms with Gasteiger partial charge in [-0.15, -0.1) is 0 Å². The Hall–Kier alpha value is -0.545. The first-order valence-corrected chi connectivity index (χ1v) is 5.80. The van der Waals surface area contributed by atoms with Gasteiger partial charge in [-0.05, 0) is 25.1 Å². The number of hydrogen-bond donors (Lipinski definition) is 2. The van der Waals surface area contributed by atoms with Crippen molar-refractivity contribution in [1.82, 2.24) is 0 Å². The normalized spacial score (nSPS) is 9.74. The number of carbonyl (C=O) groups excluding carboxylic acids is 1. The molecule has 0 heterocycles. The van der Waals surface area contributed by atoms with Gasteiger partial charge in [0.05, 0.1) is 0 Å². The summed E-state index contributed by atoms with van der Waals surface area (Å²) < 4.78 is 59.5. The fraction of sp³-hybridized carbons (Fsp3) is 0.125. The predicted molar refractivity (Wildman–Crippen MR) is 65.5 cm³/mol. The number of Topliss-reactive ketones (excluding diaryl/α,β-unsaturated/α-hetero) is 1. The number of rotatable bonds is 2. The van der Waals surface area contributed by atoms with Crippen LogP contribution in [0.3, 0.4) is 0 Å². The number of nitrogen functional groups attached to an aromatic ring is 1. The summed E-state index contributed by atoms with van der Waals surface area (Å²) in [5.41, 5.74) is 5.54. The molecule has 101 valence electrons. The van der Waals surface area contributed by atoms with Gasteiger partial charge in [0.2, 0.25) is 0 Å². The molecule has 1 radical (unpaired) electrons. The first kappa shape index (κ1) is 20.8. The minimum absolute atomic E-state index is 0. The maximum Gasteiger partial charge on any atom is 0.762 e. The number of benzene rings is 1. The molecule has 0 amide bonds. The second kappa shape index (κ2) is 8.59. The van der Waals surface area contributed by atoms with Crippen LogP contribution < -0.4 is 5.73 Å². The number of anilines is 1. The van der Waals surface area contributed by atoms with Crippen LogP contribution in [0.4, 0.5) is 18.6 Å². The average molecular weight is 306 g/mol. The van der Waals surface area contributed by atoms with Crippen molar-refractivity contribution in [1.29, 1.82) is 0 Å². The molecule has 0 atom stereocenters. The van der Waals surface area contributed by atoms with E-state index in [0.717, 1.165) is 6.07 Å². The quantitative estimate of drug-likeness (QED) is 0.370. The third-order valence-corrected chi connectivity index (χ3v) is 2.57. The molecule has 0 spiro atoms. The third kappa shape index (κ3) is 8.27. The van der Waals surface area contributed by atoms with Crippen LogP contribution in [-0.4, -0.2) is 55.9 Å². The van der Waals surface area contributed by atoms with Gasteiger partial charge >= 0.3 is 7.54 Å². The monoisotopic (exact) mass is 306 g/mol. The molecule has 0 bridgehead atoms. The van der Waals surface area contributed by atoms with Gasteiger partial charge in [-0.25, -0.2) is 0 Å². The topological polar surface area (TPSA) is 97.5 Å². The van der Waals surface area contributed by atoms with Crippen LogP contribution in [-0.2, 0) is 10.1 Å². The molecule has 0 fully saturated rings. The molecule has 0 aliphatic heterocycles. The maximum atomic E-state index is 11.0. The van der Waals surface area contributed by atoms with Gasteiger partial charge in [0.1, 0.15) is 4.90 Å². The standard InChI is InChI=1S/C8H9NO4S.BF3.Na/c1-5(10)7-4-6(9)2-3-8(7)14(11,12)13;2-1(3)4;/h2-4H,9H2,1H3,(H,11,12,13);;. The molecule has 0 saturated carbocycles. The molecule has 5 nitrogen and oxygen atoms in total. The van der Waals surface area contributed by atoms with Crippen LogP contribution in [0.5, 0.6) is 0 Å². The number of ketones is 1. The van der Waals surface area contributed by atoms with E-state index in [9.17, 15) is 26.2 Å². The summed E-state index contributed by atoms with van der Waals surface area (Å²) in [4.78, 5) is 10.6. The van der Waals surface area contributed by atoms with E-state index in [2.05, 4.69) is 0 Å². The molecule has 0 aliphatic rings. The van der Waals surface area contributed by atoms with Crippen molar-refractivity contribution in [3.8, 4) is 0 Å². The van der Waals surface area contributed by atoms with E-state index < -0.39 is 28.3 Å². The SMILES string of the molecule is CC(=O)c1cc(N)ccc1S(=O)(=O)O.FB(F)F.[Na]. The van der Waals surface area contributed by atoms with Crippen LogP contribution >= 0.6 is 0 Å². The van der Waals surface area contributed by atoms with Gasteiger partial charge < -0.3 is 5.73 Å². The van der Waals surface area contributed by atoms with E-state index in [0.29, 0.717) is 0 Å². The Morgan fingerprint density at radius 2 is 1.74 bits per heavy atom. The fourth-order valence-electron chi connectivity index (χ4n) is 1.05. The zero-order valence-corrected chi connectivity index (χ0v) is 12.9. The van der Waals surface area contributed by atoms with Crippen molar-refractivity contribution in [3.05, 3.63) is 23.8 Å². The van der Waals surface area contributed by atoms with E-state index >= 15 is 0 Å². The Balaban J connectivity index is 0. The molecule has 1 aromatic rings. The summed E-state index contributed by atoms with van der Waals surface area (Å²) in [5, 5.41) is 0. The molecule has 0 aromatic heterocycles. The third-order valence-electron chi connectivity index (χ3n) is 1.66. The Morgan fingerprint density at radius 1 is 1.32 bits per heavy atom. The Morgan fingerprint density at radius 3 is 2.05 bits per heavy atom. The van der Waals surface area contributed by atoms with Gasteiger partial charge in [0.15, 0.2) is 5.78 Å². The van der Waals surface area contributed by atoms with Crippen LogP contribution in [0.25, 0.3) is 0 Å². The van der Waals surface area contributed by atoms with Gasteiger partial charge in [-0.1, -0.05) is 0 Å².